The van der Waals surface area contributed by atoms with Crippen LogP contribution in [0.1, 0.15) is 30.0 Å². The van der Waals surface area contributed by atoms with Gasteiger partial charge in [0.1, 0.15) is 5.75 Å². The molecule has 0 spiro atoms. The third kappa shape index (κ3) is 3.80. The molecule has 0 unspecified atom stereocenters. The zero-order valence-electron chi connectivity index (χ0n) is 16.9. The first-order valence-electron chi connectivity index (χ1n) is 10.1. The van der Waals surface area contributed by atoms with E-state index in [0.29, 0.717) is 17.8 Å². The Hall–Kier alpha value is -1.93. The van der Waals surface area contributed by atoms with E-state index in [1.54, 1.807) is 18.2 Å². The Balaban J connectivity index is 1.51. The molecule has 0 saturated carbocycles. The second kappa shape index (κ2) is 7.40. The molecule has 1 fully saturated rings. The highest BCUT2D eigenvalue weighted by Crippen LogP contribution is 2.45. The molecule has 1 saturated heterocycles. The first kappa shape index (κ1) is 20.3. The van der Waals surface area contributed by atoms with E-state index in [1.165, 1.54) is 11.1 Å². The highest BCUT2D eigenvalue weighted by molar-refractivity contribution is 7.89. The van der Waals surface area contributed by atoms with E-state index in [4.69, 9.17) is 5.14 Å². The van der Waals surface area contributed by atoms with Gasteiger partial charge in [0.15, 0.2) is 0 Å². The van der Waals surface area contributed by atoms with Crippen LogP contribution in [0.25, 0.3) is 0 Å². The van der Waals surface area contributed by atoms with Crippen LogP contribution in [-0.2, 0) is 28.3 Å². The molecule has 2 aromatic carbocycles. The fourth-order valence-electron chi connectivity index (χ4n) is 5.06. The maximum atomic E-state index is 11.4. The van der Waals surface area contributed by atoms with Gasteiger partial charge in [-0.05, 0) is 80.4 Å². The molecule has 2 aliphatic rings. The Morgan fingerprint density at radius 1 is 1.24 bits per heavy atom. The molecule has 4 N–H and O–H groups in total. The van der Waals surface area contributed by atoms with Gasteiger partial charge in [0.25, 0.3) is 0 Å². The van der Waals surface area contributed by atoms with E-state index in [2.05, 4.69) is 30.3 Å². The maximum absolute atomic E-state index is 11.4. The molecule has 7 heteroatoms. The summed E-state index contributed by atoms with van der Waals surface area (Å²) in [5.74, 6) is 0.330. The van der Waals surface area contributed by atoms with Crippen molar-refractivity contribution in [1.29, 1.82) is 0 Å². The van der Waals surface area contributed by atoms with Gasteiger partial charge in [-0.25, -0.2) is 13.6 Å². The van der Waals surface area contributed by atoms with E-state index < -0.39 is 10.0 Å². The van der Waals surface area contributed by atoms with Crippen LogP contribution in [0, 0.1) is 0 Å². The van der Waals surface area contributed by atoms with E-state index >= 15 is 0 Å². The number of rotatable bonds is 5. The minimum absolute atomic E-state index is 0.0268. The lowest BCUT2D eigenvalue weighted by molar-refractivity contribution is 0.0663. The number of aromatic hydroxyl groups is 1. The zero-order chi connectivity index (χ0) is 20.8. The summed E-state index contributed by atoms with van der Waals surface area (Å²) < 4.78 is 22.8. The SMILES string of the molecule is CN1CC[C@@]2(C)c3cc(O)ccc3C[C@H]1[C@@H]2NCCc1ccc(S(N)(=O)=O)cc1. The van der Waals surface area contributed by atoms with Gasteiger partial charge in [0.2, 0.25) is 10.0 Å². The van der Waals surface area contributed by atoms with Gasteiger partial charge in [0, 0.05) is 17.5 Å². The van der Waals surface area contributed by atoms with E-state index in [-0.39, 0.29) is 10.3 Å². The standard InChI is InChI=1S/C22H29N3O3S/c1-22-10-12-25(2)20(13-16-5-6-17(26)14-19(16)22)21(22)24-11-9-15-3-7-18(8-4-15)29(23,27)28/h3-8,14,20-21,24,26H,9-13H2,1-2H3,(H2,23,27,28)/t20-,21-,22-/m0/s1. The van der Waals surface area contributed by atoms with Crippen LogP contribution in [0.5, 0.6) is 5.75 Å². The van der Waals surface area contributed by atoms with Crippen molar-refractivity contribution in [3.63, 3.8) is 0 Å². The minimum Gasteiger partial charge on any atom is -0.508 e. The molecule has 0 amide bonds. The quantitative estimate of drug-likeness (QED) is 0.692. The zero-order valence-corrected chi connectivity index (χ0v) is 17.7. The summed E-state index contributed by atoms with van der Waals surface area (Å²) in [6, 6.07) is 13.3. The highest BCUT2D eigenvalue weighted by Gasteiger charge is 2.49. The summed E-state index contributed by atoms with van der Waals surface area (Å²) in [7, 11) is -1.46. The predicted molar refractivity (Wildman–Crippen MR) is 114 cm³/mol. The molecule has 1 heterocycles. The molecule has 2 bridgehead atoms. The Morgan fingerprint density at radius 2 is 1.97 bits per heavy atom. The average molecular weight is 416 g/mol. The molecule has 1 aliphatic carbocycles. The Labute approximate surface area is 172 Å². The molecule has 0 aromatic heterocycles. The van der Waals surface area contributed by atoms with Gasteiger partial charge >= 0.3 is 0 Å². The molecule has 1 aliphatic heterocycles. The molecule has 29 heavy (non-hydrogen) atoms. The summed E-state index contributed by atoms with van der Waals surface area (Å²) >= 11 is 0. The van der Waals surface area contributed by atoms with Crippen LogP contribution in [0.2, 0.25) is 0 Å². The van der Waals surface area contributed by atoms with Gasteiger partial charge in [-0.3, -0.25) is 0 Å². The number of primary sulfonamides is 1. The monoisotopic (exact) mass is 415 g/mol. The van der Waals surface area contributed by atoms with Crippen molar-refractivity contribution < 1.29 is 13.5 Å². The van der Waals surface area contributed by atoms with E-state index in [9.17, 15) is 13.5 Å². The van der Waals surface area contributed by atoms with Gasteiger partial charge in [-0.1, -0.05) is 25.1 Å². The van der Waals surface area contributed by atoms with Crippen molar-refractivity contribution in [1.82, 2.24) is 10.2 Å². The second-order valence-electron chi connectivity index (χ2n) is 8.63. The fraction of sp³-hybridized carbons (Fsp3) is 0.455. The van der Waals surface area contributed by atoms with Gasteiger partial charge < -0.3 is 15.3 Å². The normalized spacial score (nSPS) is 26.9. The highest BCUT2D eigenvalue weighted by atomic mass is 32.2. The number of nitrogens with one attached hydrogen (secondary N) is 1. The Morgan fingerprint density at radius 3 is 2.66 bits per heavy atom. The number of benzene rings is 2. The van der Waals surface area contributed by atoms with Crippen molar-refractivity contribution in [3.8, 4) is 5.75 Å². The lowest BCUT2D eigenvalue weighted by Crippen LogP contribution is -2.66. The fourth-order valence-corrected chi connectivity index (χ4v) is 5.58. The van der Waals surface area contributed by atoms with E-state index in [0.717, 1.165) is 37.9 Å². The lowest BCUT2D eigenvalue weighted by Gasteiger charge is -2.55. The smallest absolute Gasteiger partial charge is 0.238 e. The molecule has 156 valence electrons. The van der Waals surface area contributed by atoms with Crippen LogP contribution >= 0.6 is 0 Å². The van der Waals surface area contributed by atoms with Crippen LogP contribution in [0.15, 0.2) is 47.4 Å². The maximum Gasteiger partial charge on any atom is 0.238 e. The van der Waals surface area contributed by atoms with Crippen LogP contribution in [0.4, 0.5) is 0 Å². The summed E-state index contributed by atoms with van der Waals surface area (Å²) in [5, 5.41) is 19.0. The van der Waals surface area contributed by atoms with Crippen molar-refractivity contribution >= 4 is 10.0 Å². The largest absolute Gasteiger partial charge is 0.508 e. The lowest BCUT2D eigenvalue weighted by atomic mass is 9.61. The average Bonchev–Trinajstić information content (AvgIpc) is 2.67. The molecule has 4 rings (SSSR count). The summed E-state index contributed by atoms with van der Waals surface area (Å²) in [4.78, 5) is 2.58. The topological polar surface area (TPSA) is 95.7 Å². The van der Waals surface area contributed by atoms with Crippen LogP contribution in [-0.4, -0.2) is 50.6 Å². The molecule has 0 radical (unpaired) electrons. The van der Waals surface area contributed by atoms with Crippen LogP contribution in [0.3, 0.4) is 0 Å². The third-order valence-corrected chi connectivity index (χ3v) is 7.72. The molecule has 6 nitrogen and oxygen atoms in total. The van der Waals surface area contributed by atoms with Crippen molar-refractivity contribution in [2.24, 2.45) is 5.14 Å². The minimum atomic E-state index is -3.66. The van der Waals surface area contributed by atoms with Gasteiger partial charge in [-0.2, -0.15) is 0 Å². The second-order valence-corrected chi connectivity index (χ2v) is 10.2. The van der Waals surface area contributed by atoms with Gasteiger partial charge in [0.05, 0.1) is 4.90 Å². The number of phenols is 1. The first-order chi connectivity index (χ1) is 13.7. The van der Waals surface area contributed by atoms with Crippen LogP contribution < -0.4 is 10.5 Å². The molecular weight excluding hydrogens is 386 g/mol. The summed E-state index contributed by atoms with van der Waals surface area (Å²) in [5.41, 5.74) is 3.64. The molecule has 3 atom stereocenters. The number of sulfonamides is 1. The molecule has 2 aromatic rings. The number of likely N-dealkylation sites (tertiary alicyclic amines) is 1. The summed E-state index contributed by atoms with van der Waals surface area (Å²) in [6.45, 7) is 4.15. The number of likely N-dealkylation sites (N-methyl/N-ethyl adjacent to an activating group) is 1. The molecular formula is C22H29N3O3S. The van der Waals surface area contributed by atoms with Crippen molar-refractivity contribution in [2.75, 3.05) is 20.1 Å². The summed E-state index contributed by atoms with van der Waals surface area (Å²) in [6.07, 6.45) is 2.82. The van der Waals surface area contributed by atoms with Gasteiger partial charge in [-0.15, -0.1) is 0 Å². The number of fused-ring (bicyclic) bond motifs is 4. The number of nitrogens with zero attached hydrogens (tertiary/aromatic N) is 1. The van der Waals surface area contributed by atoms with Crippen molar-refractivity contribution in [3.05, 3.63) is 59.2 Å². The number of phenolic OH excluding ortho intramolecular Hbond substituents is 1. The Bertz CT molecular complexity index is 1010. The first-order valence-corrected chi connectivity index (χ1v) is 11.6. The number of piperidine rings is 1. The number of hydrogen-bond donors (Lipinski definition) is 3. The number of nitrogens with two attached hydrogens (primary N) is 1. The third-order valence-electron chi connectivity index (χ3n) is 6.79. The predicted octanol–water partition coefficient (Wildman–Crippen LogP) is 1.76. The van der Waals surface area contributed by atoms with E-state index in [1.807, 2.05) is 18.2 Å². The number of hydrogen-bond acceptors (Lipinski definition) is 5. The van der Waals surface area contributed by atoms with Crippen molar-refractivity contribution in [2.45, 2.75) is 48.6 Å². The Kier molecular flexibility index (Phi) is 5.19.